The zero-order valence-corrected chi connectivity index (χ0v) is 7.14. The normalized spacial score (nSPS) is 6.60. The van der Waals surface area contributed by atoms with Crippen molar-refractivity contribution < 1.29 is 0 Å². The van der Waals surface area contributed by atoms with E-state index < -0.39 is 0 Å². The Bertz CT molecular complexity index is 21.7. The van der Waals surface area contributed by atoms with E-state index >= 15 is 0 Å². The van der Waals surface area contributed by atoms with Crippen LogP contribution in [0, 0.1) is 0 Å². The van der Waals surface area contributed by atoms with Crippen LogP contribution < -0.4 is 23.4 Å². The van der Waals surface area contributed by atoms with Gasteiger partial charge in [-0.3, -0.25) is 23.4 Å². The fourth-order valence-corrected chi connectivity index (χ4v) is 0.500. The zero-order chi connectivity index (χ0) is 8.83. The van der Waals surface area contributed by atoms with Crippen molar-refractivity contribution in [3.63, 3.8) is 0 Å². The van der Waals surface area contributed by atoms with E-state index in [2.05, 4.69) is 37.2 Å². The van der Waals surface area contributed by atoms with E-state index in [1.54, 1.807) is 0 Å². The Hall–Kier alpha value is -0.160. The van der Waals surface area contributed by atoms with E-state index in [0.29, 0.717) is 0 Å². The minimum Gasteiger partial charge on any atom is -0.274 e. The summed E-state index contributed by atoms with van der Waals surface area (Å²) in [5.74, 6) is 16.0. The molecule has 66 valence electrons. The number of rotatable bonds is 3. The summed E-state index contributed by atoms with van der Waals surface area (Å²) in [6.45, 7) is 4.46. The standard InChI is InChI=1S/C6H14.2H4N2/c1-3-5-6-4-2;2*1-2/h3-6H2,1-2H3;2*1-2H2. The van der Waals surface area contributed by atoms with Crippen molar-refractivity contribution in [1.29, 1.82) is 0 Å². The molecule has 0 rings (SSSR count). The van der Waals surface area contributed by atoms with Crippen molar-refractivity contribution in [2.24, 2.45) is 23.4 Å². The highest BCUT2D eigenvalue weighted by molar-refractivity contribution is 4.31. The third-order valence-electron chi connectivity index (χ3n) is 0.957. The molecule has 8 N–H and O–H groups in total. The molecule has 0 bridgehead atoms. The fraction of sp³-hybridized carbons (Fsp3) is 1.00. The molecule has 0 aliphatic heterocycles. The van der Waals surface area contributed by atoms with Gasteiger partial charge in [-0.1, -0.05) is 39.5 Å². The second-order valence-corrected chi connectivity index (χ2v) is 1.71. The quantitative estimate of drug-likeness (QED) is 0.262. The molecule has 0 saturated heterocycles. The van der Waals surface area contributed by atoms with Gasteiger partial charge >= 0.3 is 0 Å². The summed E-state index contributed by atoms with van der Waals surface area (Å²) in [5.41, 5.74) is 0. The second kappa shape index (κ2) is 36.8. The summed E-state index contributed by atoms with van der Waals surface area (Å²) in [4.78, 5) is 0. The van der Waals surface area contributed by atoms with Gasteiger partial charge in [-0.2, -0.15) is 0 Å². The topological polar surface area (TPSA) is 104 Å². The molecule has 0 atom stereocenters. The van der Waals surface area contributed by atoms with Crippen LogP contribution in [0.3, 0.4) is 0 Å². The van der Waals surface area contributed by atoms with Gasteiger partial charge in [0.2, 0.25) is 0 Å². The molecule has 0 amide bonds. The lowest BCUT2D eigenvalue weighted by Crippen LogP contribution is -2.02. The first kappa shape index (κ1) is 16.4. The van der Waals surface area contributed by atoms with Crippen LogP contribution in [-0.4, -0.2) is 0 Å². The summed E-state index contributed by atoms with van der Waals surface area (Å²) < 4.78 is 0. The Kier molecular flexibility index (Phi) is 60.6. The Morgan fingerprint density at radius 1 is 0.700 bits per heavy atom. The summed E-state index contributed by atoms with van der Waals surface area (Å²) in [6.07, 6.45) is 5.54. The molecule has 4 heteroatoms. The molecule has 0 aliphatic rings. The maximum Gasteiger partial charge on any atom is -0.0536 e. The van der Waals surface area contributed by atoms with Gasteiger partial charge in [0, 0.05) is 0 Å². The molecule has 0 saturated carbocycles. The van der Waals surface area contributed by atoms with Crippen LogP contribution in [0.1, 0.15) is 39.5 Å². The molecule has 0 fully saturated rings. The third-order valence-corrected chi connectivity index (χ3v) is 0.957. The second-order valence-electron chi connectivity index (χ2n) is 1.71. The van der Waals surface area contributed by atoms with Gasteiger partial charge in [-0.05, 0) is 0 Å². The van der Waals surface area contributed by atoms with Crippen LogP contribution >= 0.6 is 0 Å². The molecule has 0 aromatic heterocycles. The molecule has 0 unspecified atom stereocenters. The zero-order valence-electron chi connectivity index (χ0n) is 7.14. The molecule has 0 heterocycles. The molecule has 0 spiro atoms. The number of unbranched alkanes of at least 4 members (excludes halogenated alkanes) is 3. The summed E-state index contributed by atoms with van der Waals surface area (Å²) >= 11 is 0. The average molecular weight is 150 g/mol. The minimum absolute atomic E-state index is 1.36. The van der Waals surface area contributed by atoms with Crippen LogP contribution in [0.25, 0.3) is 0 Å². The molecule has 10 heavy (non-hydrogen) atoms. The van der Waals surface area contributed by atoms with Gasteiger partial charge in [-0.15, -0.1) is 0 Å². The number of nitrogens with two attached hydrogens (primary N) is 4. The van der Waals surface area contributed by atoms with Crippen LogP contribution in [-0.2, 0) is 0 Å². The lowest BCUT2D eigenvalue weighted by atomic mass is 10.2. The Balaban J connectivity index is -0.000000105. The minimum atomic E-state index is 1.36. The van der Waals surface area contributed by atoms with Crippen LogP contribution in [0.5, 0.6) is 0 Å². The van der Waals surface area contributed by atoms with E-state index in [4.69, 9.17) is 0 Å². The maximum absolute atomic E-state index is 4.00. The predicted octanol–water partition coefficient (Wildman–Crippen LogP) is 0.224. The highest BCUT2D eigenvalue weighted by atomic mass is 15.0. The largest absolute Gasteiger partial charge is 0.274 e. The van der Waals surface area contributed by atoms with Gasteiger partial charge in [0.05, 0.1) is 0 Å². The van der Waals surface area contributed by atoms with Crippen LogP contribution in [0.2, 0.25) is 0 Å². The maximum atomic E-state index is 4.00. The lowest BCUT2D eigenvalue weighted by Gasteiger charge is -1.86. The van der Waals surface area contributed by atoms with Crippen LogP contribution in [0.15, 0.2) is 0 Å². The summed E-state index contributed by atoms with van der Waals surface area (Å²) in [6, 6.07) is 0. The smallest absolute Gasteiger partial charge is 0.0536 e. The first-order valence-corrected chi connectivity index (χ1v) is 3.58. The monoisotopic (exact) mass is 150 g/mol. The highest BCUT2D eigenvalue weighted by Crippen LogP contribution is 1.95. The fourth-order valence-electron chi connectivity index (χ4n) is 0.500. The van der Waals surface area contributed by atoms with Crippen molar-refractivity contribution in [1.82, 2.24) is 0 Å². The number of hydrogen-bond acceptors (Lipinski definition) is 4. The van der Waals surface area contributed by atoms with Crippen molar-refractivity contribution in [2.75, 3.05) is 0 Å². The first-order chi connectivity index (χ1) is 4.91. The van der Waals surface area contributed by atoms with Crippen molar-refractivity contribution in [3.05, 3.63) is 0 Å². The predicted molar refractivity (Wildman–Crippen MR) is 46.6 cm³/mol. The molecule has 0 aromatic carbocycles. The van der Waals surface area contributed by atoms with Gasteiger partial charge in [0.25, 0.3) is 0 Å². The Morgan fingerprint density at radius 2 is 0.900 bits per heavy atom. The van der Waals surface area contributed by atoms with E-state index in [1.807, 2.05) is 0 Å². The van der Waals surface area contributed by atoms with Crippen molar-refractivity contribution in [2.45, 2.75) is 39.5 Å². The highest BCUT2D eigenvalue weighted by Gasteiger charge is 1.75. The van der Waals surface area contributed by atoms with Gasteiger partial charge in [-0.25, -0.2) is 0 Å². The molecular weight excluding hydrogens is 128 g/mol. The Labute approximate surface area is 63.9 Å². The molecule has 0 radical (unpaired) electrons. The SMILES string of the molecule is CCCCCC.NN.NN. The van der Waals surface area contributed by atoms with E-state index in [-0.39, 0.29) is 0 Å². The first-order valence-electron chi connectivity index (χ1n) is 3.58. The lowest BCUT2D eigenvalue weighted by molar-refractivity contribution is 0.702. The molecule has 4 nitrogen and oxygen atoms in total. The van der Waals surface area contributed by atoms with Crippen LogP contribution in [0.4, 0.5) is 0 Å². The van der Waals surface area contributed by atoms with E-state index in [0.717, 1.165) is 0 Å². The summed E-state index contributed by atoms with van der Waals surface area (Å²) in [5, 5.41) is 0. The molecular formula is C6H22N4. The van der Waals surface area contributed by atoms with Gasteiger partial charge in [0.15, 0.2) is 0 Å². The van der Waals surface area contributed by atoms with E-state index in [1.165, 1.54) is 25.7 Å². The van der Waals surface area contributed by atoms with Gasteiger partial charge in [0.1, 0.15) is 0 Å². The Morgan fingerprint density at radius 3 is 1.00 bits per heavy atom. The number of hydrogen-bond donors (Lipinski definition) is 4. The van der Waals surface area contributed by atoms with E-state index in [9.17, 15) is 0 Å². The average Bonchev–Trinajstić information content (AvgIpc) is 2.08. The molecule has 0 aromatic rings. The third kappa shape index (κ3) is 45.5. The van der Waals surface area contributed by atoms with Crippen molar-refractivity contribution in [3.8, 4) is 0 Å². The van der Waals surface area contributed by atoms with Gasteiger partial charge < -0.3 is 0 Å². The number of hydrazine groups is 2. The van der Waals surface area contributed by atoms with Crippen molar-refractivity contribution >= 4 is 0 Å². The summed E-state index contributed by atoms with van der Waals surface area (Å²) in [7, 11) is 0. The molecule has 0 aliphatic carbocycles.